The zero-order chi connectivity index (χ0) is 11.5. The minimum Gasteiger partial charge on any atom is -0.323 e. The summed E-state index contributed by atoms with van der Waals surface area (Å²) in [6.45, 7) is 2.07. The molecule has 0 saturated carbocycles. The highest BCUT2D eigenvalue weighted by Gasteiger charge is 2.30. The Balaban J connectivity index is 2.21. The molecular formula is C13H19NOS. The van der Waals surface area contributed by atoms with Crippen molar-refractivity contribution in [1.82, 2.24) is 0 Å². The van der Waals surface area contributed by atoms with Gasteiger partial charge in [0.2, 0.25) is 0 Å². The lowest BCUT2D eigenvalue weighted by Crippen LogP contribution is -2.35. The maximum Gasteiger partial charge on any atom is 0.0544 e. The van der Waals surface area contributed by atoms with Gasteiger partial charge < -0.3 is 5.73 Å². The molecule has 1 aromatic rings. The van der Waals surface area contributed by atoms with E-state index in [0.717, 1.165) is 25.0 Å². The molecule has 2 nitrogen and oxygen atoms in total. The summed E-state index contributed by atoms with van der Waals surface area (Å²) in [5.74, 6) is 0.778. The molecule has 88 valence electrons. The Morgan fingerprint density at radius 2 is 2.19 bits per heavy atom. The van der Waals surface area contributed by atoms with Gasteiger partial charge in [-0.1, -0.05) is 31.2 Å². The van der Waals surface area contributed by atoms with Gasteiger partial charge in [0, 0.05) is 22.6 Å². The summed E-state index contributed by atoms with van der Waals surface area (Å²) in [6, 6.07) is 8.24. The third-order valence-electron chi connectivity index (χ3n) is 3.26. The van der Waals surface area contributed by atoms with Gasteiger partial charge in [-0.3, -0.25) is 4.21 Å². The molecule has 1 aliphatic carbocycles. The van der Waals surface area contributed by atoms with Crippen molar-refractivity contribution in [2.45, 2.75) is 37.5 Å². The molecular weight excluding hydrogens is 218 g/mol. The van der Waals surface area contributed by atoms with E-state index < -0.39 is 10.8 Å². The molecule has 1 aliphatic rings. The highest BCUT2D eigenvalue weighted by Crippen LogP contribution is 2.31. The van der Waals surface area contributed by atoms with Gasteiger partial charge in [-0.25, -0.2) is 0 Å². The van der Waals surface area contributed by atoms with Crippen LogP contribution in [0.5, 0.6) is 0 Å². The Morgan fingerprint density at radius 1 is 1.44 bits per heavy atom. The van der Waals surface area contributed by atoms with Gasteiger partial charge in [0.25, 0.3) is 0 Å². The predicted octanol–water partition coefficient (Wildman–Crippen LogP) is 2.16. The van der Waals surface area contributed by atoms with Crippen LogP contribution >= 0.6 is 0 Å². The maximum atomic E-state index is 12.0. The molecule has 3 unspecified atom stereocenters. The monoisotopic (exact) mass is 237 g/mol. The quantitative estimate of drug-likeness (QED) is 0.875. The first-order valence-corrected chi connectivity index (χ1v) is 7.32. The molecule has 2 N–H and O–H groups in total. The second-order valence-electron chi connectivity index (χ2n) is 4.39. The Labute approximate surface area is 99.7 Å². The summed E-state index contributed by atoms with van der Waals surface area (Å²) in [7, 11) is -0.769. The van der Waals surface area contributed by atoms with E-state index in [1.807, 2.05) is 6.07 Å². The van der Waals surface area contributed by atoms with E-state index in [0.29, 0.717) is 0 Å². The minimum absolute atomic E-state index is 0.0441. The summed E-state index contributed by atoms with van der Waals surface area (Å²) < 4.78 is 12.0. The van der Waals surface area contributed by atoms with E-state index in [1.165, 1.54) is 11.1 Å². The van der Waals surface area contributed by atoms with Crippen molar-refractivity contribution in [3.05, 3.63) is 35.4 Å². The molecule has 0 heterocycles. The van der Waals surface area contributed by atoms with E-state index in [1.54, 1.807) is 0 Å². The first kappa shape index (κ1) is 11.8. The Hall–Kier alpha value is -0.670. The van der Waals surface area contributed by atoms with Crippen molar-refractivity contribution in [1.29, 1.82) is 0 Å². The Morgan fingerprint density at radius 3 is 2.94 bits per heavy atom. The first-order chi connectivity index (χ1) is 7.74. The van der Waals surface area contributed by atoms with Gasteiger partial charge in [0.1, 0.15) is 0 Å². The average molecular weight is 237 g/mol. The minimum atomic E-state index is -0.769. The summed E-state index contributed by atoms with van der Waals surface area (Å²) in [6.07, 6.45) is 2.95. The normalized spacial score (nSPS) is 26.1. The number of nitrogens with two attached hydrogens (primary N) is 1. The molecule has 2 rings (SSSR count). The maximum absolute atomic E-state index is 12.0. The zero-order valence-corrected chi connectivity index (χ0v) is 10.5. The molecule has 0 fully saturated rings. The fourth-order valence-corrected chi connectivity index (χ4v) is 3.97. The molecule has 0 aromatic heterocycles. The van der Waals surface area contributed by atoms with Crippen molar-refractivity contribution in [3.8, 4) is 0 Å². The molecule has 0 saturated heterocycles. The number of fused-ring (bicyclic) bond motifs is 1. The fourth-order valence-electron chi connectivity index (χ4n) is 2.41. The molecule has 16 heavy (non-hydrogen) atoms. The van der Waals surface area contributed by atoms with Crippen LogP contribution in [-0.2, 0) is 17.2 Å². The van der Waals surface area contributed by atoms with Gasteiger partial charge in [-0.05, 0) is 30.4 Å². The largest absolute Gasteiger partial charge is 0.323 e. The summed E-state index contributed by atoms with van der Waals surface area (Å²) >= 11 is 0. The van der Waals surface area contributed by atoms with E-state index in [4.69, 9.17) is 5.73 Å². The summed E-state index contributed by atoms with van der Waals surface area (Å²) in [4.78, 5) is 0. The predicted molar refractivity (Wildman–Crippen MR) is 68.8 cm³/mol. The van der Waals surface area contributed by atoms with Crippen LogP contribution in [0.2, 0.25) is 0 Å². The second-order valence-corrected chi connectivity index (χ2v) is 6.16. The molecule has 0 aliphatic heterocycles. The van der Waals surface area contributed by atoms with Crippen LogP contribution in [0.4, 0.5) is 0 Å². The van der Waals surface area contributed by atoms with Crippen LogP contribution in [0, 0.1) is 0 Å². The SMILES string of the molecule is CCCS(=O)C1CCc2ccccc2C1N. The number of hydrogen-bond donors (Lipinski definition) is 1. The number of hydrogen-bond acceptors (Lipinski definition) is 2. The van der Waals surface area contributed by atoms with Crippen molar-refractivity contribution >= 4 is 10.8 Å². The van der Waals surface area contributed by atoms with Gasteiger partial charge in [0.05, 0.1) is 5.25 Å². The lowest BCUT2D eigenvalue weighted by atomic mass is 9.88. The second kappa shape index (κ2) is 5.11. The lowest BCUT2D eigenvalue weighted by Gasteiger charge is -2.30. The van der Waals surface area contributed by atoms with Crippen molar-refractivity contribution in [2.24, 2.45) is 5.73 Å². The van der Waals surface area contributed by atoms with Crippen LogP contribution < -0.4 is 5.73 Å². The third-order valence-corrected chi connectivity index (χ3v) is 5.27. The Bertz CT molecular complexity index is 391. The number of benzene rings is 1. The van der Waals surface area contributed by atoms with E-state index >= 15 is 0 Å². The standard InChI is InChI=1S/C13H19NOS/c1-2-9-16(15)12-8-7-10-5-3-4-6-11(10)13(12)14/h3-6,12-13H,2,7-9,14H2,1H3. The molecule has 0 bridgehead atoms. The smallest absolute Gasteiger partial charge is 0.0544 e. The van der Waals surface area contributed by atoms with Gasteiger partial charge in [-0.2, -0.15) is 0 Å². The molecule has 3 atom stereocenters. The highest BCUT2D eigenvalue weighted by molar-refractivity contribution is 7.85. The molecule has 1 aromatic carbocycles. The van der Waals surface area contributed by atoms with Crippen molar-refractivity contribution in [3.63, 3.8) is 0 Å². The van der Waals surface area contributed by atoms with E-state index in [2.05, 4.69) is 25.1 Å². The van der Waals surface area contributed by atoms with Gasteiger partial charge >= 0.3 is 0 Å². The number of rotatable bonds is 3. The third kappa shape index (κ3) is 2.20. The van der Waals surface area contributed by atoms with Crippen LogP contribution in [0.1, 0.15) is 36.9 Å². The van der Waals surface area contributed by atoms with Crippen LogP contribution in [0.25, 0.3) is 0 Å². The number of aryl methyl sites for hydroxylation is 1. The molecule has 0 amide bonds. The molecule has 0 radical (unpaired) electrons. The van der Waals surface area contributed by atoms with Crippen molar-refractivity contribution < 1.29 is 4.21 Å². The zero-order valence-electron chi connectivity index (χ0n) is 9.69. The van der Waals surface area contributed by atoms with E-state index in [-0.39, 0.29) is 11.3 Å². The van der Waals surface area contributed by atoms with Gasteiger partial charge in [-0.15, -0.1) is 0 Å². The van der Waals surface area contributed by atoms with Crippen molar-refractivity contribution in [2.75, 3.05) is 5.75 Å². The summed E-state index contributed by atoms with van der Waals surface area (Å²) in [5, 5.41) is 0.148. The van der Waals surface area contributed by atoms with E-state index in [9.17, 15) is 4.21 Å². The molecule has 0 spiro atoms. The average Bonchev–Trinajstić information content (AvgIpc) is 2.30. The fraction of sp³-hybridized carbons (Fsp3) is 0.538. The highest BCUT2D eigenvalue weighted by atomic mass is 32.2. The first-order valence-electron chi connectivity index (χ1n) is 5.94. The van der Waals surface area contributed by atoms with Crippen LogP contribution in [-0.4, -0.2) is 15.2 Å². The van der Waals surface area contributed by atoms with Crippen LogP contribution in [0.3, 0.4) is 0 Å². The lowest BCUT2D eigenvalue weighted by molar-refractivity contribution is 0.562. The van der Waals surface area contributed by atoms with Crippen LogP contribution in [0.15, 0.2) is 24.3 Å². The van der Waals surface area contributed by atoms with Gasteiger partial charge in [0.15, 0.2) is 0 Å². The topological polar surface area (TPSA) is 43.1 Å². The Kier molecular flexibility index (Phi) is 3.77. The molecule has 3 heteroatoms. The summed E-state index contributed by atoms with van der Waals surface area (Å²) in [5.41, 5.74) is 8.76.